The summed E-state index contributed by atoms with van der Waals surface area (Å²) in [6.07, 6.45) is 1.52. The highest BCUT2D eigenvalue weighted by atomic mass is 32.1. The van der Waals surface area contributed by atoms with Gasteiger partial charge in [-0.2, -0.15) is 0 Å². The van der Waals surface area contributed by atoms with E-state index in [1.54, 1.807) is 11.3 Å². The Morgan fingerprint density at radius 1 is 1.03 bits per heavy atom. The third kappa shape index (κ3) is 3.78. The second kappa shape index (κ2) is 8.06. The molecule has 1 N–H and O–H groups in total. The van der Waals surface area contributed by atoms with E-state index in [0.29, 0.717) is 6.42 Å². The van der Waals surface area contributed by atoms with Gasteiger partial charge in [0.05, 0.1) is 17.8 Å². The van der Waals surface area contributed by atoms with Gasteiger partial charge in [0.1, 0.15) is 6.04 Å². The van der Waals surface area contributed by atoms with Crippen LogP contribution < -0.4 is 10.2 Å². The number of nitrogens with one attached hydrogen (secondary N) is 1. The van der Waals surface area contributed by atoms with E-state index >= 15 is 0 Å². The lowest BCUT2D eigenvalue weighted by atomic mass is 9.74. The average Bonchev–Trinajstić information content (AvgIpc) is 3.23. The summed E-state index contributed by atoms with van der Waals surface area (Å²) < 4.78 is 0. The molecular weight excluding hydrogens is 416 g/mol. The number of rotatable bonds is 3. The topological polar surface area (TPSA) is 49.4 Å². The molecule has 1 aliphatic heterocycles. The summed E-state index contributed by atoms with van der Waals surface area (Å²) in [5, 5.41) is 5.57. The largest absolute Gasteiger partial charge is 0.357 e. The number of carbonyl (C=O) groups excluding carboxylic acids is 2. The Morgan fingerprint density at radius 3 is 2.53 bits per heavy atom. The van der Waals surface area contributed by atoms with Crippen molar-refractivity contribution >= 4 is 34.4 Å². The summed E-state index contributed by atoms with van der Waals surface area (Å²) in [6, 6.07) is 21.3. The molecule has 0 spiro atoms. The molecule has 0 saturated carbocycles. The summed E-state index contributed by atoms with van der Waals surface area (Å²) in [5.74, 6) is 0.0997. The first-order valence-corrected chi connectivity index (χ1v) is 11.8. The molecule has 32 heavy (non-hydrogen) atoms. The van der Waals surface area contributed by atoms with Crippen LogP contribution in [0.1, 0.15) is 43.2 Å². The minimum atomic E-state index is -0.430. The van der Waals surface area contributed by atoms with Crippen molar-refractivity contribution in [1.29, 1.82) is 0 Å². The molecule has 0 fully saturated rings. The monoisotopic (exact) mass is 442 g/mol. The number of nitrogens with zero attached hydrogens (tertiary/aromatic N) is 1. The number of hydrogen-bond donors (Lipinski definition) is 1. The first-order valence-electron chi connectivity index (χ1n) is 10.9. The zero-order chi connectivity index (χ0) is 22.3. The van der Waals surface area contributed by atoms with Gasteiger partial charge in [0.15, 0.2) is 5.78 Å². The van der Waals surface area contributed by atoms with Gasteiger partial charge in [0.25, 0.3) is 0 Å². The third-order valence-corrected chi connectivity index (χ3v) is 7.11. The molecule has 2 aliphatic rings. The molecule has 1 aliphatic carbocycles. The van der Waals surface area contributed by atoms with Crippen LogP contribution in [-0.4, -0.2) is 11.7 Å². The Balaban J connectivity index is 1.70. The normalized spacial score (nSPS) is 19.6. The van der Waals surface area contributed by atoms with Gasteiger partial charge in [0.2, 0.25) is 5.91 Å². The second-order valence-corrected chi connectivity index (χ2v) is 10.3. The van der Waals surface area contributed by atoms with E-state index in [1.165, 1.54) is 0 Å². The van der Waals surface area contributed by atoms with Gasteiger partial charge < -0.3 is 5.32 Å². The average molecular weight is 443 g/mol. The Hall–Kier alpha value is -3.18. The number of amides is 1. The van der Waals surface area contributed by atoms with Crippen molar-refractivity contribution in [2.45, 2.75) is 39.2 Å². The number of ketones is 1. The summed E-state index contributed by atoms with van der Waals surface area (Å²) in [6.45, 7) is 4.26. The molecule has 1 atom stereocenters. The molecule has 1 aromatic heterocycles. The zero-order valence-electron chi connectivity index (χ0n) is 18.3. The fourth-order valence-electron chi connectivity index (χ4n) is 4.83. The van der Waals surface area contributed by atoms with E-state index in [2.05, 4.69) is 19.2 Å². The SMILES string of the molecule is CC1(C)CC(=O)C2=C(C1)Nc1ccccc1N(C(=O)Cc1ccccc1)C2c1cccs1. The van der Waals surface area contributed by atoms with Crippen molar-refractivity contribution in [2.24, 2.45) is 5.41 Å². The highest BCUT2D eigenvalue weighted by molar-refractivity contribution is 7.10. The summed E-state index contributed by atoms with van der Waals surface area (Å²) in [5.41, 5.74) is 4.18. The molecule has 4 nitrogen and oxygen atoms in total. The standard InChI is InChI=1S/C27H26N2O2S/c1-27(2)16-20-25(22(30)17-27)26(23-13-8-14-32-23)29(21-12-7-6-11-19(21)28-20)24(31)15-18-9-4-3-5-10-18/h3-14,26,28H,15-17H2,1-2H3. The maximum Gasteiger partial charge on any atom is 0.232 e. The number of Topliss-reactive ketones (excluding diaryl/α,β-unsaturated/α-hetero) is 1. The predicted octanol–water partition coefficient (Wildman–Crippen LogP) is 6.13. The quantitative estimate of drug-likeness (QED) is 0.530. The molecule has 2 heterocycles. The summed E-state index contributed by atoms with van der Waals surface area (Å²) >= 11 is 1.59. The molecule has 1 unspecified atom stereocenters. The Bertz CT molecular complexity index is 1200. The molecular formula is C27H26N2O2S. The molecule has 1 amide bonds. The van der Waals surface area contributed by atoms with Crippen LogP contribution in [0.15, 0.2) is 83.4 Å². The van der Waals surface area contributed by atoms with Crippen LogP contribution >= 0.6 is 11.3 Å². The van der Waals surface area contributed by atoms with Crippen molar-refractivity contribution in [1.82, 2.24) is 0 Å². The zero-order valence-corrected chi connectivity index (χ0v) is 19.1. The number of hydrogen-bond acceptors (Lipinski definition) is 4. The van der Waals surface area contributed by atoms with Crippen LogP contribution in [0.4, 0.5) is 11.4 Å². The molecule has 5 heteroatoms. The van der Waals surface area contributed by atoms with Crippen molar-refractivity contribution in [3.8, 4) is 0 Å². The molecule has 162 valence electrons. The molecule has 0 saturated heterocycles. The number of fused-ring (bicyclic) bond motifs is 1. The maximum atomic E-state index is 13.9. The number of benzene rings is 2. The third-order valence-electron chi connectivity index (χ3n) is 6.18. The van der Waals surface area contributed by atoms with Crippen LogP contribution in [0, 0.1) is 5.41 Å². The van der Waals surface area contributed by atoms with Crippen molar-refractivity contribution in [3.63, 3.8) is 0 Å². The Morgan fingerprint density at radius 2 is 1.78 bits per heavy atom. The van der Waals surface area contributed by atoms with Gasteiger partial charge in [-0.05, 0) is 41.0 Å². The molecule has 2 aromatic carbocycles. The molecule has 0 radical (unpaired) electrons. The fraction of sp³-hybridized carbons (Fsp3) is 0.259. The van der Waals surface area contributed by atoms with Gasteiger partial charge in [-0.25, -0.2) is 0 Å². The first kappa shape index (κ1) is 20.7. The van der Waals surface area contributed by atoms with Gasteiger partial charge in [0, 0.05) is 22.6 Å². The number of para-hydroxylation sites is 2. The first-order chi connectivity index (χ1) is 15.4. The van der Waals surface area contributed by atoms with Gasteiger partial charge in [-0.1, -0.05) is 62.4 Å². The van der Waals surface area contributed by atoms with Gasteiger partial charge in [-0.3, -0.25) is 14.5 Å². The van der Waals surface area contributed by atoms with E-state index in [4.69, 9.17) is 0 Å². The molecule has 5 rings (SSSR count). The number of carbonyl (C=O) groups is 2. The van der Waals surface area contributed by atoms with Gasteiger partial charge >= 0.3 is 0 Å². The van der Waals surface area contributed by atoms with Crippen LogP contribution in [0.2, 0.25) is 0 Å². The van der Waals surface area contributed by atoms with Crippen LogP contribution in [0.25, 0.3) is 0 Å². The smallest absolute Gasteiger partial charge is 0.232 e. The Kier molecular flexibility index (Phi) is 5.22. The number of anilines is 2. The predicted molar refractivity (Wildman–Crippen MR) is 130 cm³/mol. The highest BCUT2D eigenvalue weighted by Gasteiger charge is 2.43. The maximum absolute atomic E-state index is 13.9. The molecule has 3 aromatic rings. The summed E-state index contributed by atoms with van der Waals surface area (Å²) in [4.78, 5) is 30.3. The molecule has 0 bridgehead atoms. The minimum Gasteiger partial charge on any atom is -0.357 e. The lowest BCUT2D eigenvalue weighted by Gasteiger charge is -2.36. The van der Waals surface area contributed by atoms with E-state index in [0.717, 1.165) is 39.5 Å². The van der Waals surface area contributed by atoms with Crippen LogP contribution in [0.5, 0.6) is 0 Å². The lowest BCUT2D eigenvalue weighted by Crippen LogP contribution is -2.40. The lowest BCUT2D eigenvalue weighted by molar-refractivity contribution is -0.119. The number of thiophene rings is 1. The fourth-order valence-corrected chi connectivity index (χ4v) is 5.66. The van der Waals surface area contributed by atoms with E-state index in [9.17, 15) is 9.59 Å². The van der Waals surface area contributed by atoms with Crippen LogP contribution in [-0.2, 0) is 16.0 Å². The minimum absolute atomic E-state index is 0.0183. The van der Waals surface area contributed by atoms with E-state index < -0.39 is 6.04 Å². The van der Waals surface area contributed by atoms with Gasteiger partial charge in [-0.15, -0.1) is 11.3 Å². The van der Waals surface area contributed by atoms with Crippen LogP contribution in [0.3, 0.4) is 0 Å². The van der Waals surface area contributed by atoms with E-state index in [-0.39, 0.29) is 23.5 Å². The van der Waals surface area contributed by atoms with E-state index in [1.807, 2.05) is 77.0 Å². The van der Waals surface area contributed by atoms with Crippen molar-refractivity contribution in [3.05, 3.63) is 93.8 Å². The Labute approximate surface area is 192 Å². The summed E-state index contributed by atoms with van der Waals surface area (Å²) in [7, 11) is 0. The van der Waals surface area contributed by atoms with Crippen molar-refractivity contribution in [2.75, 3.05) is 10.2 Å². The van der Waals surface area contributed by atoms with Crippen molar-refractivity contribution < 1.29 is 9.59 Å². The number of allylic oxidation sites excluding steroid dienone is 1. The second-order valence-electron chi connectivity index (χ2n) is 9.32. The highest BCUT2D eigenvalue weighted by Crippen LogP contribution is 2.49.